The molecule has 1 saturated carbocycles. The zero-order valence-electron chi connectivity index (χ0n) is 13.4. The molecule has 0 spiro atoms. The van der Waals surface area contributed by atoms with Gasteiger partial charge >= 0.3 is 0 Å². The van der Waals surface area contributed by atoms with Gasteiger partial charge in [0.2, 0.25) is 5.91 Å². The van der Waals surface area contributed by atoms with Crippen LogP contribution in [0.4, 0.5) is 0 Å². The minimum atomic E-state index is -0.00152. The predicted octanol–water partition coefficient (Wildman–Crippen LogP) is 2.07. The Bertz CT molecular complexity index is 582. The lowest BCUT2D eigenvalue weighted by molar-refractivity contribution is -0.117. The van der Waals surface area contributed by atoms with Crippen LogP contribution in [-0.2, 0) is 9.53 Å². The molecular formula is C19H24N2O2. The van der Waals surface area contributed by atoms with Gasteiger partial charge in [-0.05, 0) is 36.8 Å². The number of rotatable bonds is 4. The van der Waals surface area contributed by atoms with E-state index in [-0.39, 0.29) is 11.9 Å². The molecule has 2 heterocycles. The molecule has 0 radical (unpaired) electrons. The smallest absolute Gasteiger partial charge is 0.244 e. The molecule has 2 saturated heterocycles. The number of ether oxygens (including phenoxy) is 1. The van der Waals surface area contributed by atoms with Crippen LogP contribution in [-0.4, -0.2) is 48.7 Å². The number of amides is 1. The van der Waals surface area contributed by atoms with Gasteiger partial charge < -0.3 is 10.1 Å². The number of fused-ring (bicyclic) bond motifs is 1. The van der Waals surface area contributed by atoms with Gasteiger partial charge in [0.1, 0.15) is 0 Å². The quantitative estimate of drug-likeness (QED) is 0.866. The number of hydrogen-bond acceptors (Lipinski definition) is 3. The van der Waals surface area contributed by atoms with Gasteiger partial charge in [0.25, 0.3) is 0 Å². The SMILES string of the molecule is O=C(/C=C/c1ccccc1)N[C@@H]1C[C@H]2CO[C@@H](C3CC3)CN2C1. The Morgan fingerprint density at radius 1 is 1.22 bits per heavy atom. The first-order valence-corrected chi connectivity index (χ1v) is 8.67. The summed E-state index contributed by atoms with van der Waals surface area (Å²) in [4.78, 5) is 14.6. The van der Waals surface area contributed by atoms with E-state index in [4.69, 9.17) is 4.74 Å². The Morgan fingerprint density at radius 2 is 2.04 bits per heavy atom. The molecule has 122 valence electrons. The Kier molecular flexibility index (Phi) is 4.19. The highest BCUT2D eigenvalue weighted by Crippen LogP contribution is 2.37. The first-order valence-electron chi connectivity index (χ1n) is 8.67. The van der Waals surface area contributed by atoms with Gasteiger partial charge in [-0.3, -0.25) is 9.69 Å². The van der Waals surface area contributed by atoms with Crippen LogP contribution in [0.5, 0.6) is 0 Å². The van der Waals surface area contributed by atoms with Gasteiger partial charge in [-0.2, -0.15) is 0 Å². The van der Waals surface area contributed by atoms with Crippen molar-refractivity contribution in [3.63, 3.8) is 0 Å². The molecular weight excluding hydrogens is 288 g/mol. The Morgan fingerprint density at radius 3 is 2.83 bits per heavy atom. The van der Waals surface area contributed by atoms with Crippen LogP contribution in [0.2, 0.25) is 0 Å². The summed E-state index contributed by atoms with van der Waals surface area (Å²) >= 11 is 0. The maximum Gasteiger partial charge on any atom is 0.244 e. The van der Waals surface area contributed by atoms with Gasteiger partial charge in [-0.25, -0.2) is 0 Å². The van der Waals surface area contributed by atoms with Crippen LogP contribution in [0, 0.1) is 5.92 Å². The third-order valence-electron chi connectivity index (χ3n) is 5.17. The predicted molar refractivity (Wildman–Crippen MR) is 89.8 cm³/mol. The summed E-state index contributed by atoms with van der Waals surface area (Å²) in [5, 5.41) is 3.14. The first kappa shape index (κ1) is 14.9. The van der Waals surface area contributed by atoms with E-state index in [2.05, 4.69) is 10.2 Å². The molecule has 1 N–H and O–H groups in total. The molecule has 3 aliphatic rings. The van der Waals surface area contributed by atoms with Crippen LogP contribution in [0.1, 0.15) is 24.8 Å². The highest BCUT2D eigenvalue weighted by Gasteiger charge is 2.42. The van der Waals surface area contributed by atoms with Crippen LogP contribution in [0.15, 0.2) is 36.4 Å². The van der Waals surface area contributed by atoms with E-state index >= 15 is 0 Å². The van der Waals surface area contributed by atoms with Crippen molar-refractivity contribution in [3.05, 3.63) is 42.0 Å². The van der Waals surface area contributed by atoms with E-state index in [1.807, 2.05) is 36.4 Å². The topological polar surface area (TPSA) is 41.6 Å². The highest BCUT2D eigenvalue weighted by molar-refractivity contribution is 5.91. The Hall–Kier alpha value is -1.65. The maximum atomic E-state index is 12.1. The molecule has 1 aliphatic carbocycles. The number of carbonyl (C=O) groups is 1. The monoisotopic (exact) mass is 312 g/mol. The fourth-order valence-corrected chi connectivity index (χ4v) is 3.74. The summed E-state index contributed by atoms with van der Waals surface area (Å²) in [7, 11) is 0. The third kappa shape index (κ3) is 3.65. The molecule has 4 heteroatoms. The molecule has 1 amide bonds. The fourth-order valence-electron chi connectivity index (χ4n) is 3.74. The number of hydrogen-bond donors (Lipinski definition) is 1. The number of carbonyl (C=O) groups excluding carboxylic acids is 1. The van der Waals surface area contributed by atoms with Crippen molar-refractivity contribution in [2.75, 3.05) is 19.7 Å². The number of benzene rings is 1. The van der Waals surface area contributed by atoms with E-state index in [0.29, 0.717) is 12.1 Å². The van der Waals surface area contributed by atoms with Crippen LogP contribution < -0.4 is 5.32 Å². The standard InChI is InChI=1S/C19H24N2O2/c22-19(9-6-14-4-2-1-3-5-14)20-16-10-17-13-23-18(15-7-8-15)12-21(17)11-16/h1-6,9,15-18H,7-8,10-13H2,(H,20,22)/b9-6+/t16-,17+,18-/m1/s1. The Labute approximate surface area is 137 Å². The average molecular weight is 312 g/mol. The normalized spacial score (nSPS) is 31.2. The molecule has 0 unspecified atom stereocenters. The molecule has 2 aliphatic heterocycles. The van der Waals surface area contributed by atoms with Crippen LogP contribution in [0.3, 0.4) is 0 Å². The molecule has 23 heavy (non-hydrogen) atoms. The lowest BCUT2D eigenvalue weighted by atomic mass is 10.1. The third-order valence-corrected chi connectivity index (χ3v) is 5.17. The molecule has 4 nitrogen and oxygen atoms in total. The van der Waals surface area contributed by atoms with Gasteiger partial charge in [-0.15, -0.1) is 0 Å². The molecule has 1 aromatic rings. The molecule has 4 rings (SSSR count). The van der Waals surface area contributed by atoms with E-state index < -0.39 is 0 Å². The van der Waals surface area contributed by atoms with Crippen molar-refractivity contribution in [3.8, 4) is 0 Å². The molecule has 1 aromatic carbocycles. The molecule has 0 aromatic heterocycles. The van der Waals surface area contributed by atoms with Crippen LogP contribution >= 0.6 is 0 Å². The lowest BCUT2D eigenvalue weighted by Crippen LogP contribution is -2.47. The van der Waals surface area contributed by atoms with E-state index in [9.17, 15) is 4.79 Å². The van der Waals surface area contributed by atoms with Crippen molar-refractivity contribution >= 4 is 12.0 Å². The fraction of sp³-hybridized carbons (Fsp3) is 0.526. The van der Waals surface area contributed by atoms with Crippen LogP contribution in [0.25, 0.3) is 6.08 Å². The van der Waals surface area contributed by atoms with E-state index in [1.165, 1.54) is 12.8 Å². The second kappa shape index (κ2) is 6.46. The summed E-state index contributed by atoms with van der Waals surface area (Å²) in [5.41, 5.74) is 1.05. The second-order valence-corrected chi connectivity index (χ2v) is 7.00. The maximum absolute atomic E-state index is 12.1. The van der Waals surface area contributed by atoms with Crippen molar-refractivity contribution in [1.29, 1.82) is 0 Å². The van der Waals surface area contributed by atoms with Crippen molar-refractivity contribution in [2.24, 2.45) is 5.92 Å². The summed E-state index contributed by atoms with van der Waals surface area (Å²) in [6.45, 7) is 2.83. The average Bonchev–Trinajstić information content (AvgIpc) is 3.34. The van der Waals surface area contributed by atoms with Crippen molar-refractivity contribution < 1.29 is 9.53 Å². The van der Waals surface area contributed by atoms with E-state index in [1.54, 1.807) is 6.08 Å². The van der Waals surface area contributed by atoms with Gasteiger partial charge in [0.05, 0.1) is 12.7 Å². The van der Waals surface area contributed by atoms with Crippen molar-refractivity contribution in [1.82, 2.24) is 10.2 Å². The minimum Gasteiger partial charge on any atom is -0.375 e. The zero-order valence-corrected chi connectivity index (χ0v) is 13.4. The Balaban J connectivity index is 1.28. The summed E-state index contributed by atoms with van der Waals surface area (Å²) in [5.74, 6) is 0.789. The van der Waals surface area contributed by atoms with Gasteiger partial charge in [-0.1, -0.05) is 30.3 Å². The zero-order chi connectivity index (χ0) is 15.6. The summed E-state index contributed by atoms with van der Waals surface area (Å²) in [6, 6.07) is 10.6. The first-order chi connectivity index (χ1) is 11.3. The molecule has 3 fully saturated rings. The molecule has 3 atom stereocenters. The summed E-state index contributed by atoms with van der Waals surface area (Å²) < 4.78 is 6.01. The number of nitrogens with one attached hydrogen (secondary N) is 1. The van der Waals surface area contributed by atoms with Crippen molar-refractivity contribution in [2.45, 2.75) is 37.5 Å². The number of morpholine rings is 1. The lowest BCUT2D eigenvalue weighted by Gasteiger charge is -2.35. The second-order valence-electron chi connectivity index (χ2n) is 7.00. The molecule has 0 bridgehead atoms. The minimum absolute atomic E-state index is 0.00152. The largest absolute Gasteiger partial charge is 0.375 e. The number of nitrogens with zero attached hydrogens (tertiary/aromatic N) is 1. The highest BCUT2D eigenvalue weighted by atomic mass is 16.5. The van der Waals surface area contributed by atoms with E-state index in [0.717, 1.165) is 37.6 Å². The van der Waals surface area contributed by atoms with Gasteiger partial charge in [0, 0.05) is 31.2 Å². The van der Waals surface area contributed by atoms with Gasteiger partial charge in [0.15, 0.2) is 0 Å². The summed E-state index contributed by atoms with van der Waals surface area (Å²) in [6.07, 6.45) is 7.59.